The molecule has 0 spiro atoms. The summed E-state index contributed by atoms with van der Waals surface area (Å²) in [5.41, 5.74) is 10.6. The number of allylic oxidation sites excluding steroid dienone is 9. The molecule has 1 heterocycles. The molecule has 0 fully saturated rings. The Bertz CT molecular complexity index is 1790. The van der Waals surface area contributed by atoms with Gasteiger partial charge in [-0.1, -0.05) is 92.1 Å². The molecule has 204 valence electrons. The maximum Gasteiger partial charge on any atom is 0.159 e. The lowest BCUT2D eigenvalue weighted by atomic mass is 9.96. The smallest absolute Gasteiger partial charge is 0.159 e. The van der Waals surface area contributed by atoms with Crippen molar-refractivity contribution in [2.75, 3.05) is 4.90 Å². The lowest BCUT2D eigenvalue weighted by Gasteiger charge is -2.28. The van der Waals surface area contributed by atoms with Crippen molar-refractivity contribution in [3.8, 4) is 0 Å². The van der Waals surface area contributed by atoms with E-state index in [2.05, 4.69) is 99.2 Å². The van der Waals surface area contributed by atoms with Gasteiger partial charge in [0.15, 0.2) is 5.58 Å². The first kappa shape index (κ1) is 27.7. The zero-order valence-electron chi connectivity index (χ0n) is 23.9. The first-order valence-corrected chi connectivity index (χ1v) is 13.7. The van der Waals surface area contributed by atoms with Crippen molar-refractivity contribution in [2.24, 2.45) is 0 Å². The Kier molecular flexibility index (Phi) is 7.89. The third-order valence-electron chi connectivity index (χ3n) is 7.33. The monoisotopic (exact) mass is 539 g/mol. The maximum atomic E-state index is 14.1. The SMILES string of the molecule is C=CC(=C)/C=C\c1c(N(c2ccc(F)cc2)c2cccc3c4c(oc23)C(C)=CC=CC4)ccc(/C=C\C(=C)C)c1C. The van der Waals surface area contributed by atoms with Gasteiger partial charge in [-0.15, -0.1) is 0 Å². The van der Waals surface area contributed by atoms with Gasteiger partial charge in [0.1, 0.15) is 11.6 Å². The molecule has 1 aliphatic carbocycles. The van der Waals surface area contributed by atoms with E-state index in [1.54, 1.807) is 18.2 Å². The van der Waals surface area contributed by atoms with E-state index in [-0.39, 0.29) is 5.82 Å². The Morgan fingerprint density at radius 1 is 0.951 bits per heavy atom. The highest BCUT2D eigenvalue weighted by atomic mass is 19.1. The summed E-state index contributed by atoms with van der Waals surface area (Å²) in [4.78, 5) is 2.15. The van der Waals surface area contributed by atoms with E-state index in [1.807, 2.05) is 19.1 Å². The Balaban J connectivity index is 1.81. The Labute approximate surface area is 242 Å². The fraction of sp³-hybridized carbons (Fsp3) is 0.105. The minimum atomic E-state index is -0.289. The van der Waals surface area contributed by atoms with Crippen LogP contribution in [0, 0.1) is 12.7 Å². The molecule has 0 bridgehead atoms. The number of furan rings is 1. The molecule has 0 radical (unpaired) electrons. The predicted octanol–water partition coefficient (Wildman–Crippen LogP) is 11.2. The third-order valence-corrected chi connectivity index (χ3v) is 7.33. The molecule has 2 nitrogen and oxygen atoms in total. The van der Waals surface area contributed by atoms with Crippen molar-refractivity contribution in [3.05, 3.63) is 156 Å². The fourth-order valence-corrected chi connectivity index (χ4v) is 5.13. The first-order chi connectivity index (χ1) is 19.8. The molecule has 0 atom stereocenters. The number of rotatable bonds is 8. The quantitative estimate of drug-likeness (QED) is 0.207. The molecule has 4 aromatic rings. The summed E-state index contributed by atoms with van der Waals surface area (Å²) in [6.45, 7) is 18.1. The molecule has 1 aromatic heterocycles. The van der Waals surface area contributed by atoms with Gasteiger partial charge in [0.25, 0.3) is 0 Å². The molecule has 0 saturated heterocycles. The third kappa shape index (κ3) is 5.57. The minimum absolute atomic E-state index is 0.289. The van der Waals surface area contributed by atoms with Crippen LogP contribution < -0.4 is 4.90 Å². The Morgan fingerprint density at radius 2 is 1.73 bits per heavy atom. The van der Waals surface area contributed by atoms with E-state index >= 15 is 0 Å². The summed E-state index contributed by atoms with van der Waals surface area (Å²) >= 11 is 0. The Hall–Kier alpha value is -4.89. The van der Waals surface area contributed by atoms with Crippen LogP contribution in [0.2, 0.25) is 0 Å². The minimum Gasteiger partial charge on any atom is -0.454 e. The number of fused-ring (bicyclic) bond motifs is 3. The number of hydrogen-bond donors (Lipinski definition) is 0. The normalized spacial score (nSPS) is 12.9. The number of anilines is 3. The Morgan fingerprint density at radius 3 is 2.46 bits per heavy atom. The van der Waals surface area contributed by atoms with Crippen LogP contribution in [0.3, 0.4) is 0 Å². The van der Waals surface area contributed by atoms with Crippen molar-refractivity contribution in [1.82, 2.24) is 0 Å². The highest BCUT2D eigenvalue weighted by Crippen LogP contribution is 2.45. The molecule has 0 aliphatic heterocycles. The van der Waals surface area contributed by atoms with E-state index in [0.29, 0.717) is 0 Å². The average Bonchev–Trinajstić information content (AvgIpc) is 3.24. The fourth-order valence-electron chi connectivity index (χ4n) is 5.13. The molecule has 5 rings (SSSR count). The summed E-state index contributed by atoms with van der Waals surface area (Å²) in [5.74, 6) is 0.610. The zero-order valence-corrected chi connectivity index (χ0v) is 23.9. The van der Waals surface area contributed by atoms with E-state index in [1.165, 1.54) is 17.7 Å². The van der Waals surface area contributed by atoms with Crippen molar-refractivity contribution < 1.29 is 8.81 Å². The lowest BCUT2D eigenvalue weighted by molar-refractivity contribution is 0.595. The highest BCUT2D eigenvalue weighted by Gasteiger charge is 2.24. The van der Waals surface area contributed by atoms with Crippen LogP contribution in [-0.2, 0) is 6.42 Å². The maximum absolute atomic E-state index is 14.1. The molecule has 0 N–H and O–H groups in total. The van der Waals surface area contributed by atoms with E-state index in [9.17, 15) is 4.39 Å². The summed E-state index contributed by atoms with van der Waals surface area (Å²) in [6.07, 6.45) is 17.0. The molecule has 41 heavy (non-hydrogen) atoms. The second-order valence-electron chi connectivity index (χ2n) is 10.4. The van der Waals surface area contributed by atoms with E-state index in [4.69, 9.17) is 4.42 Å². The molecule has 0 unspecified atom stereocenters. The summed E-state index contributed by atoms with van der Waals surface area (Å²) < 4.78 is 20.8. The lowest BCUT2D eigenvalue weighted by Crippen LogP contribution is -2.12. The van der Waals surface area contributed by atoms with Crippen LogP contribution >= 0.6 is 0 Å². The molecule has 1 aliphatic rings. The van der Waals surface area contributed by atoms with Gasteiger partial charge in [-0.25, -0.2) is 4.39 Å². The zero-order chi connectivity index (χ0) is 29.1. The van der Waals surface area contributed by atoms with Crippen LogP contribution in [0.1, 0.15) is 41.9 Å². The largest absolute Gasteiger partial charge is 0.454 e. The first-order valence-electron chi connectivity index (χ1n) is 13.7. The number of benzene rings is 3. The van der Waals surface area contributed by atoms with Gasteiger partial charge in [-0.2, -0.15) is 0 Å². The number of nitrogens with zero attached hydrogens (tertiary/aromatic N) is 1. The summed E-state index contributed by atoms with van der Waals surface area (Å²) in [5, 5.41) is 1.07. The molecule has 3 aromatic carbocycles. The van der Waals surface area contributed by atoms with Gasteiger partial charge in [-0.3, -0.25) is 0 Å². The van der Waals surface area contributed by atoms with Crippen molar-refractivity contribution in [3.63, 3.8) is 0 Å². The van der Waals surface area contributed by atoms with E-state index in [0.717, 1.165) is 73.6 Å². The predicted molar refractivity (Wildman–Crippen MR) is 174 cm³/mol. The molecular weight excluding hydrogens is 505 g/mol. The van der Waals surface area contributed by atoms with Gasteiger partial charge in [-0.05, 0) is 85.9 Å². The van der Waals surface area contributed by atoms with E-state index < -0.39 is 0 Å². The second-order valence-corrected chi connectivity index (χ2v) is 10.4. The van der Waals surface area contributed by atoms with Crippen molar-refractivity contribution >= 4 is 45.8 Å². The van der Waals surface area contributed by atoms with Crippen LogP contribution in [0.25, 0.3) is 28.7 Å². The van der Waals surface area contributed by atoms with Crippen molar-refractivity contribution in [1.29, 1.82) is 0 Å². The number of hydrogen-bond acceptors (Lipinski definition) is 2. The van der Waals surface area contributed by atoms with Crippen LogP contribution in [0.4, 0.5) is 21.5 Å². The van der Waals surface area contributed by atoms with Gasteiger partial charge in [0, 0.05) is 22.2 Å². The molecular formula is C38H34FNO. The molecule has 3 heteroatoms. The summed E-state index contributed by atoms with van der Waals surface area (Å²) in [7, 11) is 0. The number of para-hydroxylation sites is 1. The van der Waals surface area contributed by atoms with Gasteiger partial charge in [0.05, 0.1) is 11.4 Å². The highest BCUT2D eigenvalue weighted by molar-refractivity contribution is 6.00. The van der Waals surface area contributed by atoms with Gasteiger partial charge in [0.2, 0.25) is 0 Å². The average molecular weight is 540 g/mol. The van der Waals surface area contributed by atoms with Crippen molar-refractivity contribution in [2.45, 2.75) is 27.2 Å². The standard InChI is InChI=1S/C38H34FNO/c1-7-26(4)16-23-32-28(6)29(17-15-25(2)3)18-24-35(32)40(31-21-19-30(39)20-22-31)36-14-10-13-34-33-12-9-8-11-27(5)37(33)41-38(34)36/h7-11,13-24H,1-2,4,12H2,3,5-6H3/b17-15-,23-16-. The van der Waals surface area contributed by atoms with Gasteiger partial charge >= 0.3 is 0 Å². The summed E-state index contributed by atoms with van der Waals surface area (Å²) in [6, 6.07) is 17.0. The van der Waals surface area contributed by atoms with Crippen LogP contribution in [-0.4, -0.2) is 0 Å². The van der Waals surface area contributed by atoms with Gasteiger partial charge < -0.3 is 9.32 Å². The second kappa shape index (κ2) is 11.7. The molecule has 0 amide bonds. The topological polar surface area (TPSA) is 16.4 Å². The molecule has 0 saturated carbocycles. The van der Waals surface area contributed by atoms with Crippen LogP contribution in [0.5, 0.6) is 0 Å². The number of halogens is 1. The van der Waals surface area contributed by atoms with Crippen LogP contribution in [0.15, 0.2) is 126 Å².